The highest BCUT2D eigenvalue weighted by atomic mass is 32.2. The third kappa shape index (κ3) is 4.25. The van der Waals surface area contributed by atoms with Crippen molar-refractivity contribution in [2.75, 3.05) is 31.2 Å². The summed E-state index contributed by atoms with van der Waals surface area (Å²) in [5.41, 5.74) is 1.95. The Kier molecular flexibility index (Phi) is 5.77. The van der Waals surface area contributed by atoms with E-state index in [2.05, 4.69) is 15.1 Å². The molecular formula is C20H21N5O3S. The lowest BCUT2D eigenvalue weighted by atomic mass is 10.1. The van der Waals surface area contributed by atoms with Gasteiger partial charge in [0, 0.05) is 30.5 Å². The van der Waals surface area contributed by atoms with Gasteiger partial charge in [0.15, 0.2) is 5.16 Å². The average Bonchev–Trinajstić information content (AvgIpc) is 3.18. The lowest BCUT2D eigenvalue weighted by Gasteiger charge is -2.28. The summed E-state index contributed by atoms with van der Waals surface area (Å²) in [5.74, 6) is 0.785. The molecule has 4 rings (SSSR count). The molecule has 1 fully saturated rings. The van der Waals surface area contributed by atoms with Crippen molar-refractivity contribution in [3.63, 3.8) is 0 Å². The first-order valence-corrected chi connectivity index (χ1v) is 10.3. The van der Waals surface area contributed by atoms with Gasteiger partial charge in [0.1, 0.15) is 0 Å². The van der Waals surface area contributed by atoms with Crippen molar-refractivity contribution in [2.24, 2.45) is 0 Å². The van der Waals surface area contributed by atoms with Crippen LogP contribution in [-0.2, 0) is 4.74 Å². The molecule has 1 saturated heterocycles. The predicted octanol–water partition coefficient (Wildman–Crippen LogP) is 3.87. The van der Waals surface area contributed by atoms with Crippen LogP contribution >= 0.6 is 11.8 Å². The van der Waals surface area contributed by atoms with E-state index in [4.69, 9.17) is 4.74 Å². The Labute approximate surface area is 172 Å². The van der Waals surface area contributed by atoms with Gasteiger partial charge in [-0.05, 0) is 24.6 Å². The minimum absolute atomic E-state index is 0.0286. The SMILES string of the molecule is CC(Sc1nnc(N2CCOCC2)n1-c1ccccc1)c1cccc([N+](=O)[O-])c1. The first-order valence-electron chi connectivity index (χ1n) is 9.38. The molecule has 0 radical (unpaired) electrons. The second-order valence-electron chi connectivity index (χ2n) is 6.67. The van der Waals surface area contributed by atoms with Crippen molar-refractivity contribution >= 4 is 23.4 Å². The van der Waals surface area contributed by atoms with Crippen LogP contribution in [0.15, 0.2) is 59.8 Å². The third-order valence-corrected chi connectivity index (χ3v) is 5.86. The standard InChI is InChI=1S/C20H21N5O3S/c1-15(16-6-5-9-18(14-16)25(26)27)29-20-22-21-19(23-10-12-28-13-11-23)24(20)17-7-3-2-4-8-17/h2-9,14-15H,10-13H2,1H3. The smallest absolute Gasteiger partial charge is 0.269 e. The van der Waals surface area contributed by atoms with Crippen LogP contribution in [0.25, 0.3) is 5.69 Å². The van der Waals surface area contributed by atoms with Gasteiger partial charge in [-0.15, -0.1) is 10.2 Å². The van der Waals surface area contributed by atoms with Crippen LogP contribution in [0, 0.1) is 10.1 Å². The summed E-state index contributed by atoms with van der Waals surface area (Å²) in [6, 6.07) is 16.7. The van der Waals surface area contributed by atoms with Crippen molar-refractivity contribution in [1.82, 2.24) is 14.8 Å². The molecule has 0 aliphatic carbocycles. The van der Waals surface area contributed by atoms with Crippen LogP contribution in [0.4, 0.5) is 11.6 Å². The predicted molar refractivity (Wildman–Crippen MR) is 112 cm³/mol. The Hall–Kier alpha value is -2.91. The Morgan fingerprint density at radius 1 is 1.10 bits per heavy atom. The normalized spacial score (nSPS) is 15.3. The van der Waals surface area contributed by atoms with Crippen LogP contribution in [0.5, 0.6) is 0 Å². The molecule has 9 heteroatoms. The molecule has 2 heterocycles. The molecule has 0 spiro atoms. The minimum atomic E-state index is -0.371. The van der Waals surface area contributed by atoms with Crippen molar-refractivity contribution in [2.45, 2.75) is 17.3 Å². The van der Waals surface area contributed by atoms with E-state index in [0.29, 0.717) is 13.2 Å². The largest absolute Gasteiger partial charge is 0.378 e. The fraction of sp³-hybridized carbons (Fsp3) is 0.300. The van der Waals surface area contributed by atoms with Gasteiger partial charge in [-0.2, -0.15) is 0 Å². The van der Waals surface area contributed by atoms with Gasteiger partial charge in [0.05, 0.1) is 23.8 Å². The number of ether oxygens (including phenoxy) is 1. The fourth-order valence-corrected chi connectivity index (χ4v) is 4.21. The summed E-state index contributed by atoms with van der Waals surface area (Å²) < 4.78 is 7.51. The first kappa shape index (κ1) is 19.4. The summed E-state index contributed by atoms with van der Waals surface area (Å²) in [4.78, 5) is 12.9. The number of para-hydroxylation sites is 1. The second kappa shape index (κ2) is 8.62. The van der Waals surface area contributed by atoms with E-state index in [1.807, 2.05) is 47.9 Å². The third-order valence-electron chi connectivity index (χ3n) is 4.76. The van der Waals surface area contributed by atoms with Crippen molar-refractivity contribution in [1.29, 1.82) is 0 Å². The van der Waals surface area contributed by atoms with Gasteiger partial charge in [-0.1, -0.05) is 42.1 Å². The number of aromatic nitrogens is 3. The molecule has 0 saturated carbocycles. The summed E-state index contributed by atoms with van der Waals surface area (Å²) in [7, 11) is 0. The Morgan fingerprint density at radius 2 is 1.86 bits per heavy atom. The fourth-order valence-electron chi connectivity index (χ4n) is 3.23. The topological polar surface area (TPSA) is 86.3 Å². The zero-order valence-corrected chi connectivity index (χ0v) is 16.8. The van der Waals surface area contributed by atoms with Crippen LogP contribution in [0.2, 0.25) is 0 Å². The average molecular weight is 411 g/mol. The van der Waals surface area contributed by atoms with E-state index < -0.39 is 0 Å². The number of non-ortho nitro benzene ring substituents is 1. The lowest BCUT2D eigenvalue weighted by Crippen LogP contribution is -2.37. The molecule has 8 nitrogen and oxygen atoms in total. The van der Waals surface area contributed by atoms with Gasteiger partial charge in [0.25, 0.3) is 5.69 Å². The second-order valence-corrected chi connectivity index (χ2v) is 7.97. The molecule has 1 aromatic heterocycles. The van der Waals surface area contributed by atoms with E-state index in [9.17, 15) is 10.1 Å². The Morgan fingerprint density at radius 3 is 2.59 bits per heavy atom. The van der Waals surface area contributed by atoms with E-state index >= 15 is 0 Å². The maximum absolute atomic E-state index is 11.1. The van der Waals surface area contributed by atoms with Crippen molar-refractivity contribution < 1.29 is 9.66 Å². The zero-order chi connectivity index (χ0) is 20.2. The minimum Gasteiger partial charge on any atom is -0.378 e. The van der Waals surface area contributed by atoms with Crippen LogP contribution in [0.3, 0.4) is 0 Å². The summed E-state index contributed by atoms with van der Waals surface area (Å²) in [6.45, 7) is 4.86. The van der Waals surface area contributed by atoms with E-state index in [0.717, 1.165) is 35.4 Å². The number of rotatable bonds is 6. The lowest BCUT2D eigenvalue weighted by molar-refractivity contribution is -0.384. The summed E-state index contributed by atoms with van der Waals surface area (Å²) in [6.07, 6.45) is 0. The molecule has 1 aliphatic heterocycles. The van der Waals surface area contributed by atoms with Crippen LogP contribution < -0.4 is 4.90 Å². The highest BCUT2D eigenvalue weighted by Crippen LogP contribution is 2.37. The number of anilines is 1. The molecule has 0 amide bonds. The Bertz CT molecular complexity index is 989. The van der Waals surface area contributed by atoms with Crippen LogP contribution in [0.1, 0.15) is 17.7 Å². The molecule has 2 aromatic carbocycles. The molecule has 150 valence electrons. The molecule has 29 heavy (non-hydrogen) atoms. The van der Waals surface area contributed by atoms with E-state index in [1.54, 1.807) is 12.1 Å². The van der Waals surface area contributed by atoms with Crippen LogP contribution in [-0.4, -0.2) is 46.0 Å². The number of hydrogen-bond acceptors (Lipinski definition) is 7. The number of nitro benzene ring substituents is 1. The monoisotopic (exact) mass is 411 g/mol. The van der Waals surface area contributed by atoms with Gasteiger partial charge < -0.3 is 9.64 Å². The molecule has 1 aliphatic rings. The zero-order valence-electron chi connectivity index (χ0n) is 16.0. The highest BCUT2D eigenvalue weighted by molar-refractivity contribution is 7.99. The Balaban J connectivity index is 1.67. The number of benzene rings is 2. The summed E-state index contributed by atoms with van der Waals surface area (Å²) >= 11 is 1.53. The molecule has 0 bridgehead atoms. The molecular weight excluding hydrogens is 390 g/mol. The molecule has 0 N–H and O–H groups in total. The maximum Gasteiger partial charge on any atom is 0.269 e. The van der Waals surface area contributed by atoms with Gasteiger partial charge in [-0.3, -0.25) is 14.7 Å². The van der Waals surface area contributed by atoms with Gasteiger partial charge in [0.2, 0.25) is 5.95 Å². The maximum atomic E-state index is 11.1. The quantitative estimate of drug-likeness (QED) is 0.346. The van der Waals surface area contributed by atoms with Gasteiger partial charge >= 0.3 is 0 Å². The molecule has 1 atom stereocenters. The first-order chi connectivity index (χ1) is 14.1. The number of hydrogen-bond donors (Lipinski definition) is 0. The number of nitrogens with zero attached hydrogens (tertiary/aromatic N) is 5. The van der Waals surface area contributed by atoms with E-state index in [-0.39, 0.29) is 15.9 Å². The number of morpholine rings is 1. The van der Waals surface area contributed by atoms with E-state index in [1.165, 1.54) is 17.8 Å². The van der Waals surface area contributed by atoms with Crippen molar-refractivity contribution in [3.05, 3.63) is 70.3 Å². The highest BCUT2D eigenvalue weighted by Gasteiger charge is 2.23. The van der Waals surface area contributed by atoms with Crippen molar-refractivity contribution in [3.8, 4) is 5.69 Å². The summed E-state index contributed by atoms with van der Waals surface area (Å²) in [5, 5.41) is 20.7. The molecule has 3 aromatic rings. The van der Waals surface area contributed by atoms with Gasteiger partial charge in [-0.25, -0.2) is 0 Å². The number of nitro groups is 1. The number of thioether (sulfide) groups is 1. The molecule has 1 unspecified atom stereocenters.